The predicted molar refractivity (Wildman–Crippen MR) is 122 cm³/mol. The quantitative estimate of drug-likeness (QED) is 0.754. The van der Waals surface area contributed by atoms with Gasteiger partial charge in [-0.15, -0.1) is 0 Å². The highest BCUT2D eigenvalue weighted by Gasteiger charge is 2.14. The summed E-state index contributed by atoms with van der Waals surface area (Å²) in [5.41, 5.74) is 13.0. The standard InChI is InChI=1S/C24H34N4/c1-18(16-23-22(12-13-25)19(2)26-24(23)27(3)4)21-10-8-20(9-11-21)17-28-14-6-5-7-15-28/h8-13,16,26H,5-7,14-15,17,25H2,1-4H3/b13-12-,18-16+. The molecular formula is C24H34N4. The summed E-state index contributed by atoms with van der Waals surface area (Å²) in [5, 5.41) is 0. The fourth-order valence-electron chi connectivity index (χ4n) is 4.00. The smallest absolute Gasteiger partial charge is 0.113 e. The monoisotopic (exact) mass is 378 g/mol. The van der Waals surface area contributed by atoms with Crippen LogP contribution in [0.1, 0.15) is 54.1 Å². The van der Waals surface area contributed by atoms with Crippen LogP contribution in [-0.2, 0) is 6.54 Å². The Bertz CT molecular complexity index is 834. The van der Waals surface area contributed by atoms with Gasteiger partial charge in [-0.05, 0) is 74.8 Å². The van der Waals surface area contributed by atoms with Crippen molar-refractivity contribution >= 4 is 23.5 Å². The first kappa shape index (κ1) is 20.3. The Morgan fingerprint density at radius 1 is 1.11 bits per heavy atom. The molecule has 1 aromatic heterocycles. The first-order valence-electron chi connectivity index (χ1n) is 10.3. The van der Waals surface area contributed by atoms with Gasteiger partial charge in [-0.1, -0.05) is 30.7 Å². The van der Waals surface area contributed by atoms with Gasteiger partial charge in [0.15, 0.2) is 0 Å². The molecule has 1 aliphatic rings. The average Bonchev–Trinajstić information content (AvgIpc) is 2.99. The largest absolute Gasteiger partial charge is 0.405 e. The van der Waals surface area contributed by atoms with Gasteiger partial charge in [0.25, 0.3) is 0 Å². The number of benzene rings is 1. The second-order valence-electron chi connectivity index (χ2n) is 8.04. The number of nitrogens with zero attached hydrogens (tertiary/aromatic N) is 2. The molecule has 4 heteroatoms. The maximum Gasteiger partial charge on any atom is 0.113 e. The number of hydrogen-bond acceptors (Lipinski definition) is 3. The van der Waals surface area contributed by atoms with Crippen molar-refractivity contribution in [2.24, 2.45) is 5.73 Å². The zero-order valence-electron chi connectivity index (χ0n) is 17.8. The van der Waals surface area contributed by atoms with E-state index in [4.69, 9.17) is 5.73 Å². The number of rotatable bonds is 6. The van der Waals surface area contributed by atoms with Gasteiger partial charge in [-0.3, -0.25) is 4.90 Å². The molecule has 1 fully saturated rings. The van der Waals surface area contributed by atoms with Crippen molar-refractivity contribution in [2.45, 2.75) is 39.7 Å². The Balaban J connectivity index is 1.83. The lowest BCUT2D eigenvalue weighted by atomic mass is 10.0. The Hall–Kier alpha value is -2.46. The summed E-state index contributed by atoms with van der Waals surface area (Å²) in [7, 11) is 4.12. The summed E-state index contributed by atoms with van der Waals surface area (Å²) in [6.07, 6.45) is 9.90. The number of aryl methyl sites for hydroxylation is 1. The molecule has 2 heterocycles. The van der Waals surface area contributed by atoms with E-state index in [-0.39, 0.29) is 0 Å². The lowest BCUT2D eigenvalue weighted by Crippen LogP contribution is -2.29. The van der Waals surface area contributed by atoms with E-state index in [1.54, 1.807) is 6.20 Å². The Kier molecular flexibility index (Phi) is 6.63. The maximum absolute atomic E-state index is 5.69. The minimum absolute atomic E-state index is 1.07. The number of piperidine rings is 1. The number of H-pyrrole nitrogens is 1. The van der Waals surface area contributed by atoms with Gasteiger partial charge in [-0.2, -0.15) is 0 Å². The van der Waals surface area contributed by atoms with E-state index in [0.717, 1.165) is 23.6 Å². The van der Waals surface area contributed by atoms with Crippen molar-refractivity contribution in [3.63, 3.8) is 0 Å². The van der Waals surface area contributed by atoms with Crippen LogP contribution in [0.25, 0.3) is 17.7 Å². The second-order valence-corrected chi connectivity index (χ2v) is 8.04. The number of anilines is 1. The molecule has 1 saturated heterocycles. The van der Waals surface area contributed by atoms with Crippen LogP contribution in [0.3, 0.4) is 0 Å². The number of nitrogens with two attached hydrogens (primary N) is 1. The molecule has 0 radical (unpaired) electrons. The zero-order valence-corrected chi connectivity index (χ0v) is 17.8. The third-order valence-corrected chi connectivity index (χ3v) is 5.59. The summed E-state index contributed by atoms with van der Waals surface area (Å²) < 4.78 is 0. The zero-order chi connectivity index (χ0) is 20.1. The topological polar surface area (TPSA) is 48.3 Å². The van der Waals surface area contributed by atoms with E-state index >= 15 is 0 Å². The van der Waals surface area contributed by atoms with E-state index in [9.17, 15) is 0 Å². The van der Waals surface area contributed by atoms with E-state index in [2.05, 4.69) is 73.1 Å². The van der Waals surface area contributed by atoms with E-state index in [1.165, 1.54) is 54.6 Å². The van der Waals surface area contributed by atoms with Gasteiger partial charge in [0.1, 0.15) is 5.82 Å². The van der Waals surface area contributed by atoms with Crippen LogP contribution in [-0.4, -0.2) is 37.1 Å². The van der Waals surface area contributed by atoms with Gasteiger partial charge in [-0.25, -0.2) is 0 Å². The molecule has 0 saturated carbocycles. The number of likely N-dealkylation sites (tertiary alicyclic amines) is 1. The summed E-state index contributed by atoms with van der Waals surface area (Å²) >= 11 is 0. The molecule has 1 aliphatic heterocycles. The van der Waals surface area contributed by atoms with Crippen molar-refractivity contribution < 1.29 is 0 Å². The summed E-state index contributed by atoms with van der Waals surface area (Å²) in [5.74, 6) is 1.10. The molecule has 0 bridgehead atoms. The highest BCUT2D eigenvalue weighted by Crippen LogP contribution is 2.30. The van der Waals surface area contributed by atoms with Crippen molar-refractivity contribution in [2.75, 3.05) is 32.1 Å². The van der Waals surface area contributed by atoms with Gasteiger partial charge in [0.05, 0.1) is 0 Å². The Labute approximate surface area is 169 Å². The summed E-state index contributed by atoms with van der Waals surface area (Å²) in [6.45, 7) is 7.80. The van der Waals surface area contributed by atoms with Crippen LogP contribution in [0.2, 0.25) is 0 Å². The SMILES string of the molecule is C/C(=C\c1c(N(C)C)[nH]c(C)c1/C=C\N)c1ccc(CN2CCCCC2)cc1. The molecule has 1 aromatic carbocycles. The number of hydrogen-bond donors (Lipinski definition) is 2. The molecule has 3 N–H and O–H groups in total. The molecular weight excluding hydrogens is 344 g/mol. The maximum atomic E-state index is 5.69. The summed E-state index contributed by atoms with van der Waals surface area (Å²) in [6, 6.07) is 9.05. The van der Waals surface area contributed by atoms with Crippen LogP contribution in [0.4, 0.5) is 5.82 Å². The number of aromatic nitrogens is 1. The Morgan fingerprint density at radius 3 is 2.39 bits per heavy atom. The molecule has 0 atom stereocenters. The lowest BCUT2D eigenvalue weighted by molar-refractivity contribution is 0.221. The highest BCUT2D eigenvalue weighted by atomic mass is 15.1. The van der Waals surface area contributed by atoms with Crippen LogP contribution < -0.4 is 10.6 Å². The van der Waals surface area contributed by atoms with Crippen molar-refractivity contribution in [1.82, 2.24) is 9.88 Å². The fourth-order valence-corrected chi connectivity index (χ4v) is 4.00. The fraction of sp³-hybridized carbons (Fsp3) is 0.417. The van der Waals surface area contributed by atoms with Crippen LogP contribution in [0, 0.1) is 6.92 Å². The number of aromatic amines is 1. The highest BCUT2D eigenvalue weighted by molar-refractivity contribution is 5.88. The molecule has 0 unspecified atom stereocenters. The third kappa shape index (κ3) is 4.68. The number of allylic oxidation sites excluding steroid dienone is 1. The van der Waals surface area contributed by atoms with E-state index in [1.807, 2.05) is 6.08 Å². The van der Waals surface area contributed by atoms with Crippen LogP contribution >= 0.6 is 0 Å². The molecule has 2 aromatic rings. The Morgan fingerprint density at radius 2 is 1.79 bits per heavy atom. The van der Waals surface area contributed by atoms with Crippen LogP contribution in [0.15, 0.2) is 30.5 Å². The first-order valence-corrected chi connectivity index (χ1v) is 10.3. The van der Waals surface area contributed by atoms with E-state index < -0.39 is 0 Å². The predicted octanol–water partition coefficient (Wildman–Crippen LogP) is 4.86. The molecule has 4 nitrogen and oxygen atoms in total. The molecule has 150 valence electrons. The van der Waals surface area contributed by atoms with E-state index in [0.29, 0.717) is 0 Å². The van der Waals surface area contributed by atoms with Gasteiger partial charge in [0, 0.05) is 37.5 Å². The second kappa shape index (κ2) is 9.16. The third-order valence-electron chi connectivity index (χ3n) is 5.59. The minimum Gasteiger partial charge on any atom is -0.405 e. The normalized spacial score (nSPS) is 16.1. The molecule has 0 aliphatic carbocycles. The van der Waals surface area contributed by atoms with Gasteiger partial charge in [0.2, 0.25) is 0 Å². The molecule has 3 rings (SSSR count). The summed E-state index contributed by atoms with van der Waals surface area (Å²) in [4.78, 5) is 8.16. The first-order chi connectivity index (χ1) is 13.5. The van der Waals surface area contributed by atoms with Crippen LogP contribution in [0.5, 0.6) is 0 Å². The minimum atomic E-state index is 1.07. The average molecular weight is 379 g/mol. The molecule has 0 spiro atoms. The van der Waals surface area contributed by atoms with Gasteiger partial charge < -0.3 is 15.6 Å². The van der Waals surface area contributed by atoms with Crippen molar-refractivity contribution in [3.8, 4) is 0 Å². The van der Waals surface area contributed by atoms with Crippen molar-refractivity contribution in [1.29, 1.82) is 0 Å². The molecule has 0 amide bonds. The van der Waals surface area contributed by atoms with Crippen molar-refractivity contribution in [3.05, 3.63) is 58.4 Å². The lowest BCUT2D eigenvalue weighted by Gasteiger charge is -2.26. The number of nitrogens with one attached hydrogen (secondary N) is 1. The van der Waals surface area contributed by atoms with Gasteiger partial charge >= 0.3 is 0 Å². The molecule has 28 heavy (non-hydrogen) atoms.